The number of carbonyl (C=O) groups excluding carboxylic acids is 1. The Morgan fingerprint density at radius 1 is 1.05 bits per heavy atom. The molecule has 1 N–H and O–H groups in total. The van der Waals surface area contributed by atoms with E-state index < -0.39 is 5.41 Å². The molecule has 106 valence electrons. The lowest BCUT2D eigenvalue weighted by atomic mass is 9.95. The molecule has 0 aliphatic carbocycles. The van der Waals surface area contributed by atoms with Crippen LogP contribution in [0.5, 0.6) is 0 Å². The quantitative estimate of drug-likeness (QED) is 0.812. The van der Waals surface area contributed by atoms with E-state index in [0.29, 0.717) is 11.4 Å². The van der Waals surface area contributed by atoms with Crippen LogP contribution >= 0.6 is 0 Å². The third kappa shape index (κ3) is 4.47. The predicted octanol–water partition coefficient (Wildman–Crippen LogP) is 3.47. The van der Waals surface area contributed by atoms with Crippen LogP contribution in [0.1, 0.15) is 32.0 Å². The fraction of sp³-hybridized carbons (Fsp3) is 0.222. The lowest BCUT2D eigenvalue weighted by molar-refractivity contribution is -0.123. The van der Waals surface area contributed by atoms with E-state index in [1.807, 2.05) is 57.2 Å². The molecule has 0 aliphatic rings. The van der Waals surface area contributed by atoms with Crippen molar-refractivity contribution in [2.75, 3.05) is 5.32 Å². The summed E-state index contributed by atoms with van der Waals surface area (Å²) in [6.07, 6.45) is 1.62. The lowest BCUT2D eigenvalue weighted by Gasteiger charge is -2.17. The maximum Gasteiger partial charge on any atom is 0.229 e. The number of carbonyl (C=O) groups is 1. The SMILES string of the molecule is CC(C)(C)C(=O)Nc1ccc(C#Cc2ccccc2)nc1. The molecule has 0 radical (unpaired) electrons. The van der Waals surface area contributed by atoms with E-state index in [9.17, 15) is 4.79 Å². The molecule has 21 heavy (non-hydrogen) atoms. The van der Waals surface area contributed by atoms with Crippen molar-refractivity contribution in [1.29, 1.82) is 0 Å². The summed E-state index contributed by atoms with van der Waals surface area (Å²) >= 11 is 0. The summed E-state index contributed by atoms with van der Waals surface area (Å²) in [5.74, 6) is 6.01. The second-order valence-corrected chi connectivity index (χ2v) is 5.75. The van der Waals surface area contributed by atoms with Gasteiger partial charge in [0.2, 0.25) is 5.91 Å². The number of pyridine rings is 1. The van der Waals surface area contributed by atoms with Crippen molar-refractivity contribution >= 4 is 11.6 Å². The molecule has 0 bridgehead atoms. The van der Waals surface area contributed by atoms with Gasteiger partial charge in [-0.05, 0) is 30.2 Å². The summed E-state index contributed by atoms with van der Waals surface area (Å²) in [4.78, 5) is 16.1. The van der Waals surface area contributed by atoms with E-state index >= 15 is 0 Å². The van der Waals surface area contributed by atoms with Crippen LogP contribution in [0.4, 0.5) is 5.69 Å². The summed E-state index contributed by atoms with van der Waals surface area (Å²) in [5, 5.41) is 2.83. The van der Waals surface area contributed by atoms with Crippen molar-refractivity contribution in [2.24, 2.45) is 5.41 Å². The van der Waals surface area contributed by atoms with Crippen LogP contribution in [0.3, 0.4) is 0 Å². The Labute approximate surface area is 125 Å². The highest BCUT2D eigenvalue weighted by atomic mass is 16.2. The first-order valence-electron chi connectivity index (χ1n) is 6.80. The molecule has 0 unspecified atom stereocenters. The lowest BCUT2D eigenvalue weighted by Crippen LogP contribution is -2.27. The van der Waals surface area contributed by atoms with E-state index in [2.05, 4.69) is 22.1 Å². The zero-order chi connectivity index (χ0) is 15.3. The zero-order valence-corrected chi connectivity index (χ0v) is 12.5. The molecule has 2 rings (SSSR count). The van der Waals surface area contributed by atoms with Crippen LogP contribution in [0.2, 0.25) is 0 Å². The number of nitrogens with one attached hydrogen (secondary N) is 1. The Bertz CT molecular complexity index is 671. The minimum absolute atomic E-state index is 0.0348. The normalized spacial score (nSPS) is 10.4. The first-order valence-corrected chi connectivity index (χ1v) is 6.80. The molecule has 1 heterocycles. The number of benzene rings is 1. The van der Waals surface area contributed by atoms with Crippen LogP contribution in [0.25, 0.3) is 0 Å². The van der Waals surface area contributed by atoms with Gasteiger partial charge in [0, 0.05) is 11.0 Å². The average Bonchev–Trinajstić information content (AvgIpc) is 2.46. The van der Waals surface area contributed by atoms with E-state index in [0.717, 1.165) is 5.56 Å². The summed E-state index contributed by atoms with van der Waals surface area (Å²) < 4.78 is 0. The molecule has 0 saturated carbocycles. The van der Waals surface area contributed by atoms with Crippen molar-refractivity contribution < 1.29 is 4.79 Å². The number of amides is 1. The summed E-state index contributed by atoms with van der Waals surface area (Å²) in [6, 6.07) is 13.4. The Morgan fingerprint density at radius 3 is 2.33 bits per heavy atom. The van der Waals surface area contributed by atoms with Gasteiger partial charge in [0.25, 0.3) is 0 Å². The smallest absolute Gasteiger partial charge is 0.229 e. The molecule has 0 spiro atoms. The first-order chi connectivity index (χ1) is 9.95. The van der Waals surface area contributed by atoms with Gasteiger partial charge in [-0.15, -0.1) is 0 Å². The Balaban J connectivity index is 2.07. The van der Waals surface area contributed by atoms with Gasteiger partial charge in [0.1, 0.15) is 5.69 Å². The Hall–Kier alpha value is -2.60. The molecular weight excluding hydrogens is 260 g/mol. The fourth-order valence-electron chi connectivity index (χ4n) is 1.52. The molecule has 2 aromatic rings. The average molecular weight is 278 g/mol. The fourth-order valence-corrected chi connectivity index (χ4v) is 1.52. The third-order valence-electron chi connectivity index (χ3n) is 2.81. The van der Waals surface area contributed by atoms with Crippen molar-refractivity contribution in [1.82, 2.24) is 4.98 Å². The minimum atomic E-state index is -0.425. The molecule has 3 nitrogen and oxygen atoms in total. The van der Waals surface area contributed by atoms with Gasteiger partial charge in [-0.2, -0.15) is 0 Å². The largest absolute Gasteiger partial charge is 0.324 e. The highest BCUT2D eigenvalue weighted by Gasteiger charge is 2.21. The number of hydrogen-bond donors (Lipinski definition) is 1. The Morgan fingerprint density at radius 2 is 1.76 bits per heavy atom. The predicted molar refractivity (Wildman–Crippen MR) is 84.7 cm³/mol. The van der Waals surface area contributed by atoms with Crippen LogP contribution in [0.15, 0.2) is 48.7 Å². The second kappa shape index (κ2) is 6.23. The van der Waals surface area contributed by atoms with Crippen LogP contribution in [-0.2, 0) is 4.79 Å². The first kappa shape index (κ1) is 14.8. The maximum absolute atomic E-state index is 11.9. The number of nitrogens with zero attached hydrogens (tertiary/aromatic N) is 1. The van der Waals surface area contributed by atoms with Crippen molar-refractivity contribution in [3.05, 3.63) is 59.9 Å². The highest BCUT2D eigenvalue weighted by molar-refractivity contribution is 5.94. The third-order valence-corrected chi connectivity index (χ3v) is 2.81. The summed E-state index contributed by atoms with van der Waals surface area (Å²) in [7, 11) is 0. The Kier molecular flexibility index (Phi) is 4.39. The second-order valence-electron chi connectivity index (χ2n) is 5.75. The van der Waals surface area contributed by atoms with Gasteiger partial charge in [0.15, 0.2) is 0 Å². The standard InChI is InChI=1S/C18H18N2O/c1-18(2,3)17(21)20-16-12-11-15(19-13-16)10-9-14-7-5-4-6-8-14/h4-8,11-13H,1-3H3,(H,20,21). The summed E-state index contributed by atoms with van der Waals surface area (Å²) in [5.41, 5.74) is 1.88. The van der Waals surface area contributed by atoms with Gasteiger partial charge < -0.3 is 5.32 Å². The molecule has 1 amide bonds. The molecule has 0 fully saturated rings. The van der Waals surface area contributed by atoms with Gasteiger partial charge >= 0.3 is 0 Å². The number of hydrogen-bond acceptors (Lipinski definition) is 2. The molecule has 3 heteroatoms. The van der Waals surface area contributed by atoms with Crippen LogP contribution < -0.4 is 5.32 Å². The van der Waals surface area contributed by atoms with Gasteiger partial charge in [0.05, 0.1) is 11.9 Å². The van der Waals surface area contributed by atoms with Crippen molar-refractivity contribution in [3.63, 3.8) is 0 Å². The number of anilines is 1. The monoisotopic (exact) mass is 278 g/mol. The molecular formula is C18H18N2O. The van der Waals surface area contributed by atoms with Crippen LogP contribution in [-0.4, -0.2) is 10.9 Å². The van der Waals surface area contributed by atoms with E-state index in [1.165, 1.54) is 0 Å². The minimum Gasteiger partial charge on any atom is -0.324 e. The van der Waals surface area contributed by atoms with E-state index in [1.54, 1.807) is 12.3 Å². The van der Waals surface area contributed by atoms with Gasteiger partial charge in [-0.3, -0.25) is 4.79 Å². The highest BCUT2D eigenvalue weighted by Crippen LogP contribution is 2.16. The molecule has 1 aromatic carbocycles. The topological polar surface area (TPSA) is 42.0 Å². The van der Waals surface area contributed by atoms with E-state index in [4.69, 9.17) is 0 Å². The van der Waals surface area contributed by atoms with E-state index in [-0.39, 0.29) is 5.91 Å². The van der Waals surface area contributed by atoms with Crippen molar-refractivity contribution in [2.45, 2.75) is 20.8 Å². The summed E-state index contributed by atoms with van der Waals surface area (Å²) in [6.45, 7) is 5.61. The molecule has 0 aliphatic heterocycles. The van der Waals surface area contributed by atoms with Gasteiger partial charge in [-0.25, -0.2) is 4.98 Å². The maximum atomic E-state index is 11.9. The molecule has 0 atom stereocenters. The number of aromatic nitrogens is 1. The number of rotatable bonds is 1. The zero-order valence-electron chi connectivity index (χ0n) is 12.5. The molecule has 1 aromatic heterocycles. The van der Waals surface area contributed by atoms with Crippen LogP contribution in [0, 0.1) is 17.3 Å². The van der Waals surface area contributed by atoms with Gasteiger partial charge in [-0.1, -0.05) is 44.9 Å². The van der Waals surface area contributed by atoms with Crippen molar-refractivity contribution in [3.8, 4) is 11.8 Å². The molecule has 0 saturated heterocycles.